The Labute approximate surface area is 141 Å². The molecule has 2 amide bonds. The largest absolute Gasteiger partial charge is 0.353 e. The number of hydrogen-bond acceptors (Lipinski definition) is 4. The molecule has 23 heavy (non-hydrogen) atoms. The number of nitrogens with zero attached hydrogens (tertiary/aromatic N) is 2. The standard InChI is InChI=1S/C17H25N3O2S/c1-12(2)16-17(22)18-6-9-19(16)8-4-15(21)20-7-3-14-13(11-20)5-10-23-14/h5,10,12,16H,3-4,6-9,11H2,1-2H3,(H,18,22)/t16-/m1/s1. The van der Waals surface area contributed by atoms with Crippen molar-refractivity contribution in [3.8, 4) is 0 Å². The average molecular weight is 335 g/mol. The van der Waals surface area contributed by atoms with Crippen LogP contribution in [0, 0.1) is 5.92 Å². The molecule has 0 aromatic carbocycles. The molecule has 1 aromatic heterocycles. The van der Waals surface area contributed by atoms with Crippen LogP contribution in [0.2, 0.25) is 0 Å². The molecule has 1 aromatic rings. The van der Waals surface area contributed by atoms with Gasteiger partial charge in [0.15, 0.2) is 0 Å². The van der Waals surface area contributed by atoms with E-state index in [1.807, 2.05) is 4.90 Å². The Morgan fingerprint density at radius 3 is 3.04 bits per heavy atom. The van der Waals surface area contributed by atoms with Gasteiger partial charge in [-0.3, -0.25) is 14.5 Å². The van der Waals surface area contributed by atoms with Crippen LogP contribution in [0.15, 0.2) is 11.4 Å². The van der Waals surface area contributed by atoms with E-state index in [9.17, 15) is 9.59 Å². The predicted octanol–water partition coefficient (Wildman–Crippen LogP) is 1.48. The van der Waals surface area contributed by atoms with Gasteiger partial charge in [-0.05, 0) is 29.3 Å². The number of hydrogen-bond donors (Lipinski definition) is 1. The summed E-state index contributed by atoms with van der Waals surface area (Å²) in [5, 5.41) is 5.04. The van der Waals surface area contributed by atoms with Crippen LogP contribution in [0.4, 0.5) is 0 Å². The third kappa shape index (κ3) is 3.58. The molecule has 3 heterocycles. The van der Waals surface area contributed by atoms with Crippen LogP contribution in [0.5, 0.6) is 0 Å². The van der Waals surface area contributed by atoms with E-state index < -0.39 is 0 Å². The lowest BCUT2D eigenvalue weighted by molar-refractivity contribution is -0.135. The minimum atomic E-state index is -0.110. The summed E-state index contributed by atoms with van der Waals surface area (Å²) in [6.07, 6.45) is 1.47. The molecule has 1 fully saturated rings. The minimum absolute atomic E-state index is 0.0968. The Bertz CT molecular complexity index is 584. The second-order valence-corrected chi connectivity index (χ2v) is 7.70. The fraction of sp³-hybridized carbons (Fsp3) is 0.647. The molecule has 1 atom stereocenters. The van der Waals surface area contributed by atoms with E-state index >= 15 is 0 Å². The lowest BCUT2D eigenvalue weighted by Crippen LogP contribution is -2.57. The number of fused-ring (bicyclic) bond motifs is 1. The molecule has 2 aliphatic rings. The molecule has 0 spiro atoms. The molecule has 0 radical (unpaired) electrons. The van der Waals surface area contributed by atoms with E-state index in [-0.39, 0.29) is 23.8 Å². The van der Waals surface area contributed by atoms with Crippen LogP contribution >= 0.6 is 11.3 Å². The van der Waals surface area contributed by atoms with Gasteiger partial charge in [-0.15, -0.1) is 11.3 Å². The Hall–Kier alpha value is -1.40. The smallest absolute Gasteiger partial charge is 0.237 e. The maximum atomic E-state index is 12.5. The highest BCUT2D eigenvalue weighted by Gasteiger charge is 2.32. The average Bonchev–Trinajstić information content (AvgIpc) is 2.99. The number of thiophene rings is 1. The molecule has 5 nitrogen and oxygen atoms in total. The van der Waals surface area contributed by atoms with Crippen molar-refractivity contribution in [1.82, 2.24) is 15.1 Å². The predicted molar refractivity (Wildman–Crippen MR) is 91.3 cm³/mol. The normalized spacial score (nSPS) is 22.1. The van der Waals surface area contributed by atoms with Gasteiger partial charge in [0.25, 0.3) is 0 Å². The molecule has 0 saturated carbocycles. The third-order valence-electron chi connectivity index (χ3n) is 4.77. The zero-order valence-electron chi connectivity index (χ0n) is 13.9. The van der Waals surface area contributed by atoms with Gasteiger partial charge < -0.3 is 10.2 Å². The van der Waals surface area contributed by atoms with Crippen molar-refractivity contribution >= 4 is 23.2 Å². The number of piperazine rings is 1. The van der Waals surface area contributed by atoms with Gasteiger partial charge >= 0.3 is 0 Å². The first-order valence-corrected chi connectivity index (χ1v) is 9.29. The summed E-state index contributed by atoms with van der Waals surface area (Å²) in [4.78, 5) is 30.1. The van der Waals surface area contributed by atoms with E-state index in [2.05, 4.69) is 35.5 Å². The van der Waals surface area contributed by atoms with Gasteiger partial charge in [-0.25, -0.2) is 0 Å². The summed E-state index contributed by atoms with van der Waals surface area (Å²) >= 11 is 1.79. The minimum Gasteiger partial charge on any atom is -0.353 e. The van der Waals surface area contributed by atoms with Gasteiger partial charge in [-0.2, -0.15) is 0 Å². The summed E-state index contributed by atoms with van der Waals surface area (Å²) in [5.41, 5.74) is 1.30. The second kappa shape index (κ2) is 7.01. The lowest BCUT2D eigenvalue weighted by Gasteiger charge is -2.37. The highest BCUT2D eigenvalue weighted by Crippen LogP contribution is 2.24. The number of carbonyl (C=O) groups is 2. The Morgan fingerprint density at radius 2 is 2.26 bits per heavy atom. The number of carbonyl (C=O) groups excluding carboxylic acids is 2. The number of rotatable bonds is 4. The van der Waals surface area contributed by atoms with E-state index in [1.165, 1.54) is 10.4 Å². The summed E-state index contributed by atoms with van der Waals surface area (Å²) in [6, 6.07) is 2.02. The van der Waals surface area contributed by atoms with E-state index in [0.29, 0.717) is 19.5 Å². The van der Waals surface area contributed by atoms with Gasteiger partial charge in [0.2, 0.25) is 11.8 Å². The van der Waals surface area contributed by atoms with Gasteiger partial charge in [0, 0.05) is 44.0 Å². The van der Waals surface area contributed by atoms with Crippen molar-refractivity contribution < 1.29 is 9.59 Å². The van der Waals surface area contributed by atoms with Crippen molar-refractivity contribution in [1.29, 1.82) is 0 Å². The van der Waals surface area contributed by atoms with Gasteiger partial charge in [0.1, 0.15) is 0 Å². The molecule has 2 aliphatic heterocycles. The van der Waals surface area contributed by atoms with Crippen molar-refractivity contribution in [2.24, 2.45) is 5.92 Å². The molecular weight excluding hydrogens is 310 g/mol. The summed E-state index contributed by atoms with van der Waals surface area (Å²) in [6.45, 7) is 7.86. The van der Waals surface area contributed by atoms with Gasteiger partial charge in [0.05, 0.1) is 6.04 Å². The third-order valence-corrected chi connectivity index (χ3v) is 5.79. The van der Waals surface area contributed by atoms with Crippen LogP contribution in [-0.2, 0) is 22.6 Å². The monoisotopic (exact) mass is 335 g/mol. The van der Waals surface area contributed by atoms with Crippen LogP contribution in [-0.4, -0.2) is 53.8 Å². The van der Waals surface area contributed by atoms with E-state index in [0.717, 1.165) is 26.1 Å². The number of nitrogens with one attached hydrogen (secondary N) is 1. The van der Waals surface area contributed by atoms with Crippen molar-refractivity contribution in [3.63, 3.8) is 0 Å². The van der Waals surface area contributed by atoms with Crippen LogP contribution in [0.1, 0.15) is 30.7 Å². The Morgan fingerprint density at radius 1 is 1.43 bits per heavy atom. The Kier molecular flexibility index (Phi) is 5.02. The van der Waals surface area contributed by atoms with Crippen LogP contribution in [0.3, 0.4) is 0 Å². The SMILES string of the molecule is CC(C)[C@@H]1C(=O)NCCN1CCC(=O)N1CCc2sccc2C1. The van der Waals surface area contributed by atoms with Crippen LogP contribution < -0.4 is 5.32 Å². The fourth-order valence-electron chi connectivity index (χ4n) is 3.57. The summed E-state index contributed by atoms with van der Waals surface area (Å²) in [5.74, 6) is 0.559. The molecule has 1 saturated heterocycles. The fourth-order valence-corrected chi connectivity index (χ4v) is 4.46. The van der Waals surface area contributed by atoms with Crippen molar-refractivity contribution in [3.05, 3.63) is 21.9 Å². The molecule has 6 heteroatoms. The molecule has 0 aliphatic carbocycles. The van der Waals surface area contributed by atoms with Crippen molar-refractivity contribution in [2.45, 2.75) is 39.3 Å². The quantitative estimate of drug-likeness (QED) is 0.907. The molecule has 3 rings (SSSR count). The summed E-state index contributed by atoms with van der Waals surface area (Å²) in [7, 11) is 0. The first-order chi connectivity index (χ1) is 11.1. The van der Waals surface area contributed by atoms with Crippen LogP contribution in [0.25, 0.3) is 0 Å². The van der Waals surface area contributed by atoms with E-state index in [4.69, 9.17) is 0 Å². The maximum Gasteiger partial charge on any atom is 0.237 e. The topological polar surface area (TPSA) is 52.7 Å². The lowest BCUT2D eigenvalue weighted by atomic mass is 9.99. The van der Waals surface area contributed by atoms with Crippen molar-refractivity contribution in [2.75, 3.05) is 26.2 Å². The first kappa shape index (κ1) is 16.5. The second-order valence-electron chi connectivity index (χ2n) is 6.70. The highest BCUT2D eigenvalue weighted by atomic mass is 32.1. The number of amides is 2. The maximum absolute atomic E-state index is 12.5. The zero-order chi connectivity index (χ0) is 16.4. The summed E-state index contributed by atoms with van der Waals surface area (Å²) < 4.78 is 0. The molecular formula is C17H25N3O2S. The highest BCUT2D eigenvalue weighted by molar-refractivity contribution is 7.10. The van der Waals surface area contributed by atoms with E-state index in [1.54, 1.807) is 11.3 Å². The first-order valence-electron chi connectivity index (χ1n) is 8.41. The molecule has 126 valence electrons. The molecule has 0 unspecified atom stereocenters. The zero-order valence-corrected chi connectivity index (χ0v) is 14.7. The Balaban J connectivity index is 1.55. The molecule has 1 N–H and O–H groups in total. The molecule has 0 bridgehead atoms. The van der Waals surface area contributed by atoms with Gasteiger partial charge in [-0.1, -0.05) is 13.8 Å².